The Morgan fingerprint density at radius 1 is 1.14 bits per heavy atom. The summed E-state index contributed by atoms with van der Waals surface area (Å²) in [6.07, 6.45) is 5.19. The Labute approximate surface area is 141 Å². The summed E-state index contributed by atoms with van der Waals surface area (Å²) >= 11 is 2.15. The Bertz CT molecular complexity index is 678. The molecule has 6 heteroatoms. The lowest BCUT2D eigenvalue weighted by Gasteiger charge is -2.31. The molecule has 3 rings (SSSR count). The number of nitrogens with one attached hydrogen (secondary N) is 1. The van der Waals surface area contributed by atoms with Crippen molar-refractivity contribution < 1.29 is 14.4 Å². The van der Waals surface area contributed by atoms with Crippen LogP contribution >= 0.6 is 22.6 Å². The van der Waals surface area contributed by atoms with Gasteiger partial charge in [0.05, 0.1) is 0 Å². The van der Waals surface area contributed by atoms with Crippen LogP contribution in [0.15, 0.2) is 29.8 Å². The second kappa shape index (κ2) is 6.20. The van der Waals surface area contributed by atoms with Crippen LogP contribution in [0.1, 0.15) is 31.2 Å². The average Bonchev–Trinajstić information content (AvgIpc) is 2.99. The molecule has 1 aliphatic heterocycles. The summed E-state index contributed by atoms with van der Waals surface area (Å²) in [6.45, 7) is 0. The van der Waals surface area contributed by atoms with E-state index in [1.165, 1.54) is 4.90 Å². The average molecular weight is 410 g/mol. The standard InChI is InChI=1S/C16H15IN2O3/c17-13-8-4-1-5-10(13)9-12-14(20)18-16(22)19(15(12)21)11-6-2-3-7-11/h1,4-5,8-9,11H,2-3,6-7H2,(H,18,20,22)/b12-9+. The second-order valence-electron chi connectivity index (χ2n) is 5.45. The first-order chi connectivity index (χ1) is 10.6. The van der Waals surface area contributed by atoms with E-state index >= 15 is 0 Å². The number of urea groups is 1. The Balaban J connectivity index is 1.96. The number of barbiturate groups is 1. The SMILES string of the molecule is O=C1NC(=O)N(C2CCCC2)C(=O)/C1=C/c1ccccc1I. The van der Waals surface area contributed by atoms with Crippen molar-refractivity contribution in [1.29, 1.82) is 0 Å². The molecule has 0 unspecified atom stereocenters. The minimum absolute atomic E-state index is 0.0237. The number of rotatable bonds is 2. The number of halogens is 1. The van der Waals surface area contributed by atoms with Gasteiger partial charge in [0.1, 0.15) is 5.57 Å². The van der Waals surface area contributed by atoms with E-state index in [-0.39, 0.29) is 11.6 Å². The summed E-state index contributed by atoms with van der Waals surface area (Å²) in [6, 6.07) is 6.78. The minimum atomic E-state index is -0.621. The van der Waals surface area contributed by atoms with E-state index in [2.05, 4.69) is 27.9 Å². The number of benzene rings is 1. The number of hydrogen-bond acceptors (Lipinski definition) is 3. The van der Waals surface area contributed by atoms with Crippen molar-refractivity contribution in [1.82, 2.24) is 10.2 Å². The third kappa shape index (κ3) is 2.79. The van der Waals surface area contributed by atoms with Crippen LogP contribution in [0.4, 0.5) is 4.79 Å². The van der Waals surface area contributed by atoms with E-state index in [4.69, 9.17) is 0 Å². The van der Waals surface area contributed by atoms with Crippen molar-refractivity contribution >= 4 is 46.5 Å². The molecule has 4 amide bonds. The maximum Gasteiger partial charge on any atom is 0.331 e. The molecule has 1 heterocycles. The maximum atomic E-state index is 12.6. The molecule has 0 atom stereocenters. The summed E-state index contributed by atoms with van der Waals surface area (Å²) in [7, 11) is 0. The third-order valence-corrected chi connectivity index (χ3v) is 5.01. The predicted molar refractivity (Wildman–Crippen MR) is 89.8 cm³/mol. The van der Waals surface area contributed by atoms with Crippen molar-refractivity contribution in [2.75, 3.05) is 0 Å². The largest absolute Gasteiger partial charge is 0.331 e. The van der Waals surface area contributed by atoms with E-state index in [1.54, 1.807) is 6.08 Å². The number of nitrogens with zero attached hydrogens (tertiary/aromatic N) is 1. The molecule has 0 bridgehead atoms. The molecular weight excluding hydrogens is 395 g/mol. The lowest BCUT2D eigenvalue weighted by Crippen LogP contribution is -2.57. The summed E-state index contributed by atoms with van der Waals surface area (Å²) in [5.41, 5.74) is 0.818. The first-order valence-electron chi connectivity index (χ1n) is 7.23. The zero-order chi connectivity index (χ0) is 15.7. The van der Waals surface area contributed by atoms with Gasteiger partial charge in [0.15, 0.2) is 0 Å². The van der Waals surface area contributed by atoms with Gasteiger partial charge in [-0.15, -0.1) is 0 Å². The fourth-order valence-corrected chi connectivity index (χ4v) is 3.46. The second-order valence-corrected chi connectivity index (χ2v) is 6.61. The van der Waals surface area contributed by atoms with Gasteiger partial charge < -0.3 is 0 Å². The highest BCUT2D eigenvalue weighted by Crippen LogP contribution is 2.27. The van der Waals surface area contributed by atoms with Gasteiger partial charge in [-0.05, 0) is 53.1 Å². The summed E-state index contributed by atoms with van der Waals surface area (Å²) in [4.78, 5) is 37.9. The smallest absolute Gasteiger partial charge is 0.273 e. The normalized spacial score (nSPS) is 21.6. The van der Waals surface area contributed by atoms with Crippen LogP contribution < -0.4 is 5.32 Å². The molecule has 1 N–H and O–H groups in total. The molecule has 0 spiro atoms. The van der Waals surface area contributed by atoms with Gasteiger partial charge in [0.25, 0.3) is 11.8 Å². The van der Waals surface area contributed by atoms with Gasteiger partial charge in [0, 0.05) is 9.61 Å². The highest BCUT2D eigenvalue weighted by molar-refractivity contribution is 14.1. The van der Waals surface area contributed by atoms with Crippen molar-refractivity contribution in [3.8, 4) is 0 Å². The Morgan fingerprint density at radius 2 is 1.82 bits per heavy atom. The minimum Gasteiger partial charge on any atom is -0.273 e. The summed E-state index contributed by atoms with van der Waals surface area (Å²) in [5, 5.41) is 2.28. The molecule has 0 radical (unpaired) electrons. The van der Waals surface area contributed by atoms with E-state index < -0.39 is 17.8 Å². The van der Waals surface area contributed by atoms with Crippen molar-refractivity contribution in [3.63, 3.8) is 0 Å². The third-order valence-electron chi connectivity index (χ3n) is 4.03. The first kappa shape index (κ1) is 15.2. The number of carbonyl (C=O) groups is 3. The fraction of sp³-hybridized carbons (Fsp3) is 0.312. The maximum absolute atomic E-state index is 12.6. The van der Waals surface area contributed by atoms with Crippen LogP contribution in [0.2, 0.25) is 0 Å². The lowest BCUT2D eigenvalue weighted by molar-refractivity contribution is -0.131. The van der Waals surface area contributed by atoms with Crippen molar-refractivity contribution in [2.45, 2.75) is 31.7 Å². The molecule has 22 heavy (non-hydrogen) atoms. The van der Waals surface area contributed by atoms with Gasteiger partial charge in [-0.3, -0.25) is 19.8 Å². The topological polar surface area (TPSA) is 66.5 Å². The molecule has 114 valence electrons. The molecule has 1 aromatic rings. The highest BCUT2D eigenvalue weighted by Gasteiger charge is 2.40. The Morgan fingerprint density at radius 3 is 2.50 bits per heavy atom. The fourth-order valence-electron chi connectivity index (χ4n) is 2.91. The quantitative estimate of drug-likeness (QED) is 0.463. The summed E-state index contributed by atoms with van der Waals surface area (Å²) in [5.74, 6) is -1.11. The number of carbonyl (C=O) groups excluding carboxylic acids is 3. The van der Waals surface area contributed by atoms with E-state index in [0.717, 1.165) is 34.8 Å². The number of hydrogen-bond donors (Lipinski definition) is 1. The van der Waals surface area contributed by atoms with E-state index in [9.17, 15) is 14.4 Å². The molecule has 1 saturated carbocycles. The summed E-state index contributed by atoms with van der Waals surface area (Å²) < 4.78 is 0.942. The van der Waals surface area contributed by atoms with Crippen LogP contribution in [0.25, 0.3) is 6.08 Å². The lowest BCUT2D eigenvalue weighted by atomic mass is 10.1. The van der Waals surface area contributed by atoms with Crippen molar-refractivity contribution in [2.24, 2.45) is 0 Å². The van der Waals surface area contributed by atoms with Crippen LogP contribution in [0.5, 0.6) is 0 Å². The molecule has 2 aliphatic rings. The molecule has 5 nitrogen and oxygen atoms in total. The number of imide groups is 2. The zero-order valence-electron chi connectivity index (χ0n) is 11.8. The van der Waals surface area contributed by atoms with Crippen LogP contribution in [-0.2, 0) is 9.59 Å². The van der Waals surface area contributed by atoms with Gasteiger partial charge in [-0.25, -0.2) is 4.79 Å². The number of amides is 4. The molecular formula is C16H15IN2O3. The molecule has 1 saturated heterocycles. The molecule has 0 aromatic heterocycles. The van der Waals surface area contributed by atoms with Crippen LogP contribution in [0.3, 0.4) is 0 Å². The molecule has 1 aromatic carbocycles. The predicted octanol–water partition coefficient (Wildman–Crippen LogP) is 2.70. The van der Waals surface area contributed by atoms with E-state index in [0.29, 0.717) is 0 Å². The van der Waals surface area contributed by atoms with E-state index in [1.807, 2.05) is 24.3 Å². The van der Waals surface area contributed by atoms with Crippen LogP contribution in [-0.4, -0.2) is 28.8 Å². The first-order valence-corrected chi connectivity index (χ1v) is 8.31. The van der Waals surface area contributed by atoms with Gasteiger partial charge in [-0.1, -0.05) is 31.0 Å². The van der Waals surface area contributed by atoms with Crippen LogP contribution in [0, 0.1) is 3.57 Å². The Kier molecular flexibility index (Phi) is 4.28. The van der Waals surface area contributed by atoms with Crippen molar-refractivity contribution in [3.05, 3.63) is 39.0 Å². The highest BCUT2D eigenvalue weighted by atomic mass is 127. The zero-order valence-corrected chi connectivity index (χ0v) is 14.0. The Hall–Kier alpha value is -1.70. The van der Waals surface area contributed by atoms with Gasteiger partial charge in [0.2, 0.25) is 0 Å². The van der Waals surface area contributed by atoms with Gasteiger partial charge >= 0.3 is 6.03 Å². The molecule has 1 aliphatic carbocycles. The monoisotopic (exact) mass is 410 g/mol. The van der Waals surface area contributed by atoms with Gasteiger partial charge in [-0.2, -0.15) is 0 Å². The molecule has 2 fully saturated rings.